The van der Waals surface area contributed by atoms with Crippen LogP contribution in [0.1, 0.15) is 78.1 Å². The van der Waals surface area contributed by atoms with E-state index in [9.17, 15) is 4.79 Å². The summed E-state index contributed by atoms with van der Waals surface area (Å²) in [5.74, 6) is 0.371. The molecule has 1 N–H and O–H groups in total. The number of carbonyl (C=O) groups excluding carboxylic acids is 1. The SMILES string of the molecule is CCCCCCCC(=O)N(CCC)CC1CCCCN1. The molecule has 0 aliphatic carbocycles. The summed E-state index contributed by atoms with van der Waals surface area (Å²) >= 11 is 0. The van der Waals surface area contributed by atoms with Crippen LogP contribution in [0.4, 0.5) is 0 Å². The molecule has 3 nitrogen and oxygen atoms in total. The van der Waals surface area contributed by atoms with E-state index < -0.39 is 0 Å². The minimum absolute atomic E-state index is 0.371. The van der Waals surface area contributed by atoms with E-state index in [1.54, 1.807) is 0 Å². The second-order valence-electron chi connectivity index (χ2n) is 6.15. The zero-order valence-corrected chi connectivity index (χ0v) is 13.6. The third-order valence-electron chi connectivity index (χ3n) is 4.19. The van der Waals surface area contributed by atoms with Crippen molar-refractivity contribution in [2.45, 2.75) is 84.1 Å². The molecule has 1 amide bonds. The van der Waals surface area contributed by atoms with Crippen molar-refractivity contribution in [1.29, 1.82) is 0 Å². The Hall–Kier alpha value is -0.570. The van der Waals surface area contributed by atoms with Crippen molar-refractivity contribution in [3.63, 3.8) is 0 Å². The van der Waals surface area contributed by atoms with Gasteiger partial charge in [0.05, 0.1) is 0 Å². The molecule has 1 atom stereocenters. The van der Waals surface area contributed by atoms with E-state index in [0.717, 1.165) is 38.9 Å². The van der Waals surface area contributed by atoms with Crippen LogP contribution in [-0.4, -0.2) is 36.5 Å². The van der Waals surface area contributed by atoms with E-state index in [1.165, 1.54) is 44.9 Å². The van der Waals surface area contributed by atoms with E-state index >= 15 is 0 Å². The molecule has 20 heavy (non-hydrogen) atoms. The average molecular weight is 282 g/mol. The van der Waals surface area contributed by atoms with Gasteiger partial charge in [-0.1, -0.05) is 46.0 Å². The molecule has 0 aromatic rings. The van der Waals surface area contributed by atoms with Gasteiger partial charge in [-0.15, -0.1) is 0 Å². The van der Waals surface area contributed by atoms with E-state index in [2.05, 4.69) is 24.1 Å². The fourth-order valence-corrected chi connectivity index (χ4v) is 2.97. The summed E-state index contributed by atoms with van der Waals surface area (Å²) in [4.78, 5) is 14.4. The van der Waals surface area contributed by atoms with Gasteiger partial charge in [-0.25, -0.2) is 0 Å². The van der Waals surface area contributed by atoms with Crippen LogP contribution in [0.2, 0.25) is 0 Å². The monoisotopic (exact) mass is 282 g/mol. The lowest BCUT2D eigenvalue weighted by Crippen LogP contribution is -2.46. The van der Waals surface area contributed by atoms with Crippen molar-refractivity contribution in [2.75, 3.05) is 19.6 Å². The van der Waals surface area contributed by atoms with Gasteiger partial charge in [0.1, 0.15) is 0 Å². The number of rotatable bonds is 10. The van der Waals surface area contributed by atoms with E-state index in [1.807, 2.05) is 0 Å². The number of amides is 1. The van der Waals surface area contributed by atoms with Crippen molar-refractivity contribution in [3.05, 3.63) is 0 Å². The Morgan fingerprint density at radius 1 is 1.10 bits per heavy atom. The highest BCUT2D eigenvalue weighted by Gasteiger charge is 2.19. The molecule has 1 aliphatic rings. The first-order chi connectivity index (χ1) is 9.77. The van der Waals surface area contributed by atoms with Crippen LogP contribution in [0, 0.1) is 0 Å². The Labute approximate surface area is 125 Å². The molecule has 3 heteroatoms. The Bertz CT molecular complexity index is 249. The van der Waals surface area contributed by atoms with Crippen molar-refractivity contribution in [3.8, 4) is 0 Å². The van der Waals surface area contributed by atoms with Crippen LogP contribution in [0.3, 0.4) is 0 Å². The van der Waals surface area contributed by atoms with E-state index in [0.29, 0.717) is 11.9 Å². The van der Waals surface area contributed by atoms with Gasteiger partial charge in [-0.05, 0) is 32.2 Å². The maximum atomic E-state index is 12.3. The summed E-state index contributed by atoms with van der Waals surface area (Å²) < 4.78 is 0. The molecule has 118 valence electrons. The van der Waals surface area contributed by atoms with Gasteiger partial charge in [-0.3, -0.25) is 4.79 Å². The summed E-state index contributed by atoms with van der Waals surface area (Å²) in [7, 11) is 0. The van der Waals surface area contributed by atoms with Crippen LogP contribution in [0.5, 0.6) is 0 Å². The molecule has 1 rings (SSSR count). The Morgan fingerprint density at radius 3 is 2.55 bits per heavy atom. The number of hydrogen-bond donors (Lipinski definition) is 1. The third kappa shape index (κ3) is 7.28. The Balaban J connectivity index is 2.25. The van der Waals surface area contributed by atoms with Crippen LogP contribution < -0.4 is 5.32 Å². The normalized spacial score (nSPS) is 19.0. The van der Waals surface area contributed by atoms with E-state index in [4.69, 9.17) is 0 Å². The molecule has 0 aromatic heterocycles. The highest BCUT2D eigenvalue weighted by molar-refractivity contribution is 5.76. The van der Waals surface area contributed by atoms with Crippen molar-refractivity contribution in [1.82, 2.24) is 10.2 Å². The minimum atomic E-state index is 0.371. The molecule has 0 radical (unpaired) electrons. The molecule has 0 aromatic carbocycles. The molecule has 1 unspecified atom stereocenters. The summed E-state index contributed by atoms with van der Waals surface area (Å²) in [5, 5.41) is 3.55. The molecule has 1 aliphatic heterocycles. The van der Waals surface area contributed by atoms with Gasteiger partial charge in [0, 0.05) is 25.6 Å². The van der Waals surface area contributed by atoms with Crippen LogP contribution in [0.25, 0.3) is 0 Å². The quantitative estimate of drug-likeness (QED) is 0.619. The van der Waals surface area contributed by atoms with Crippen LogP contribution in [-0.2, 0) is 4.79 Å². The highest BCUT2D eigenvalue weighted by Crippen LogP contribution is 2.11. The highest BCUT2D eigenvalue weighted by atomic mass is 16.2. The van der Waals surface area contributed by atoms with Crippen LogP contribution in [0.15, 0.2) is 0 Å². The number of piperidine rings is 1. The van der Waals surface area contributed by atoms with Crippen molar-refractivity contribution in [2.24, 2.45) is 0 Å². The first-order valence-electron chi connectivity index (χ1n) is 8.79. The predicted molar refractivity (Wildman–Crippen MR) is 85.9 cm³/mol. The first-order valence-corrected chi connectivity index (χ1v) is 8.79. The lowest BCUT2D eigenvalue weighted by molar-refractivity contribution is -0.131. The van der Waals surface area contributed by atoms with Gasteiger partial charge in [0.2, 0.25) is 5.91 Å². The second-order valence-corrected chi connectivity index (χ2v) is 6.15. The topological polar surface area (TPSA) is 32.3 Å². The molecular weight excluding hydrogens is 248 g/mol. The fraction of sp³-hybridized carbons (Fsp3) is 0.941. The van der Waals surface area contributed by atoms with Crippen molar-refractivity contribution >= 4 is 5.91 Å². The Morgan fingerprint density at radius 2 is 1.90 bits per heavy atom. The first kappa shape index (κ1) is 17.5. The minimum Gasteiger partial charge on any atom is -0.341 e. The van der Waals surface area contributed by atoms with Crippen molar-refractivity contribution < 1.29 is 4.79 Å². The van der Waals surface area contributed by atoms with Gasteiger partial charge < -0.3 is 10.2 Å². The number of hydrogen-bond acceptors (Lipinski definition) is 2. The summed E-state index contributed by atoms with van der Waals surface area (Å²) in [6.45, 7) is 7.35. The number of nitrogens with one attached hydrogen (secondary N) is 1. The zero-order valence-electron chi connectivity index (χ0n) is 13.6. The van der Waals surface area contributed by atoms with E-state index in [-0.39, 0.29) is 0 Å². The summed E-state index contributed by atoms with van der Waals surface area (Å²) in [6.07, 6.45) is 11.8. The lowest BCUT2D eigenvalue weighted by Gasteiger charge is -2.30. The number of unbranched alkanes of at least 4 members (excludes halogenated alkanes) is 4. The standard InChI is InChI=1S/C17H34N2O/c1-3-5-6-7-8-12-17(20)19(14-4-2)15-16-11-9-10-13-18-16/h16,18H,3-15H2,1-2H3. The summed E-state index contributed by atoms with van der Waals surface area (Å²) in [5.41, 5.74) is 0. The maximum Gasteiger partial charge on any atom is 0.222 e. The van der Waals surface area contributed by atoms with Gasteiger partial charge in [0.15, 0.2) is 0 Å². The number of nitrogens with zero attached hydrogens (tertiary/aromatic N) is 1. The lowest BCUT2D eigenvalue weighted by atomic mass is 10.0. The molecular formula is C17H34N2O. The fourth-order valence-electron chi connectivity index (χ4n) is 2.97. The Kier molecular flexibility index (Phi) is 9.73. The van der Waals surface area contributed by atoms with Crippen LogP contribution >= 0.6 is 0 Å². The van der Waals surface area contributed by atoms with Gasteiger partial charge >= 0.3 is 0 Å². The number of carbonyl (C=O) groups is 1. The van der Waals surface area contributed by atoms with Gasteiger partial charge in [-0.2, -0.15) is 0 Å². The molecule has 1 saturated heterocycles. The molecule has 0 bridgehead atoms. The average Bonchev–Trinajstić information content (AvgIpc) is 2.47. The summed E-state index contributed by atoms with van der Waals surface area (Å²) in [6, 6.07) is 0.527. The molecule has 1 heterocycles. The third-order valence-corrected chi connectivity index (χ3v) is 4.19. The largest absolute Gasteiger partial charge is 0.341 e. The molecule has 0 saturated carbocycles. The maximum absolute atomic E-state index is 12.3. The molecule has 1 fully saturated rings. The zero-order chi connectivity index (χ0) is 14.6. The predicted octanol–water partition coefficient (Wildman–Crippen LogP) is 3.73. The molecule has 0 spiro atoms. The smallest absolute Gasteiger partial charge is 0.222 e. The van der Waals surface area contributed by atoms with Gasteiger partial charge in [0.25, 0.3) is 0 Å². The second kappa shape index (κ2) is 11.1.